The Morgan fingerprint density at radius 1 is 1.21 bits per heavy atom. The van der Waals surface area contributed by atoms with E-state index in [1.54, 1.807) is 13.2 Å². The number of nitrogens with one attached hydrogen (secondary N) is 1. The van der Waals surface area contributed by atoms with Gasteiger partial charge in [-0.2, -0.15) is 0 Å². The predicted molar refractivity (Wildman–Crippen MR) is 113 cm³/mol. The van der Waals surface area contributed by atoms with Gasteiger partial charge < -0.3 is 20.1 Å². The molecular formula is C24H30N2O3. The van der Waals surface area contributed by atoms with Crippen molar-refractivity contribution < 1.29 is 14.6 Å². The van der Waals surface area contributed by atoms with Gasteiger partial charge in [-0.25, -0.2) is 0 Å². The van der Waals surface area contributed by atoms with E-state index in [1.807, 2.05) is 42.5 Å². The Bertz CT molecular complexity index is 856. The number of rotatable bonds is 4. The van der Waals surface area contributed by atoms with Crippen molar-refractivity contribution in [2.45, 2.75) is 36.8 Å². The van der Waals surface area contributed by atoms with Gasteiger partial charge in [0.25, 0.3) is 5.91 Å². The maximum absolute atomic E-state index is 12.8. The lowest BCUT2D eigenvalue weighted by atomic mass is 9.57. The quantitative estimate of drug-likeness (QED) is 0.836. The number of hydrogen-bond donors (Lipinski definition) is 2. The van der Waals surface area contributed by atoms with Gasteiger partial charge in [0, 0.05) is 36.6 Å². The summed E-state index contributed by atoms with van der Waals surface area (Å²) in [5.41, 5.74) is 1.70. The second-order valence-corrected chi connectivity index (χ2v) is 8.58. The number of likely N-dealkylation sites (tertiary alicyclic amines) is 1. The van der Waals surface area contributed by atoms with Gasteiger partial charge in [0.15, 0.2) is 0 Å². The molecule has 1 aliphatic heterocycles. The minimum Gasteiger partial charge on any atom is -0.508 e. The van der Waals surface area contributed by atoms with Crippen LogP contribution in [-0.4, -0.2) is 55.3 Å². The summed E-state index contributed by atoms with van der Waals surface area (Å²) in [6.45, 7) is 1.94. The molecule has 0 aromatic heterocycles. The lowest BCUT2D eigenvalue weighted by molar-refractivity contribution is -0.0629. The number of hydrogen-bond acceptors (Lipinski definition) is 4. The minimum atomic E-state index is -0.126. The topological polar surface area (TPSA) is 61.8 Å². The van der Waals surface area contributed by atoms with Crippen molar-refractivity contribution in [3.05, 3.63) is 65.7 Å². The summed E-state index contributed by atoms with van der Waals surface area (Å²) in [5, 5.41) is 13.4. The van der Waals surface area contributed by atoms with Gasteiger partial charge in [-0.3, -0.25) is 4.79 Å². The number of phenolic OH excluding ortho intramolecular Hbond substituents is 1. The Kier molecular flexibility index (Phi) is 5.61. The van der Waals surface area contributed by atoms with E-state index < -0.39 is 0 Å². The highest BCUT2D eigenvalue weighted by Crippen LogP contribution is 2.50. The van der Waals surface area contributed by atoms with E-state index >= 15 is 0 Å². The molecule has 4 atom stereocenters. The highest BCUT2D eigenvalue weighted by molar-refractivity contribution is 5.94. The zero-order valence-electron chi connectivity index (χ0n) is 17.2. The molecular weight excluding hydrogens is 364 g/mol. The Balaban J connectivity index is 1.66. The number of aromatic hydroxyl groups is 1. The molecule has 1 heterocycles. The SMILES string of the molecule is COC1C[C@H](NC(=O)c2ccccc2)C[C@]2(c3cccc(O)c3)CCN(C)C[C@@H]12. The van der Waals surface area contributed by atoms with Crippen LogP contribution in [0.1, 0.15) is 35.2 Å². The molecule has 2 fully saturated rings. The molecule has 2 N–H and O–H groups in total. The number of ether oxygens (including phenoxy) is 1. The summed E-state index contributed by atoms with van der Waals surface area (Å²) in [6.07, 6.45) is 2.69. The molecule has 5 nitrogen and oxygen atoms in total. The summed E-state index contributed by atoms with van der Waals surface area (Å²) >= 11 is 0. The van der Waals surface area contributed by atoms with E-state index in [0.717, 1.165) is 37.9 Å². The molecule has 154 valence electrons. The smallest absolute Gasteiger partial charge is 0.251 e. The van der Waals surface area contributed by atoms with E-state index in [4.69, 9.17) is 4.74 Å². The predicted octanol–water partition coefficient (Wildman–Crippen LogP) is 3.19. The monoisotopic (exact) mass is 394 g/mol. The Hall–Kier alpha value is -2.37. The second-order valence-electron chi connectivity index (χ2n) is 8.58. The van der Waals surface area contributed by atoms with E-state index in [2.05, 4.69) is 23.3 Å². The van der Waals surface area contributed by atoms with Gasteiger partial charge in [0.1, 0.15) is 5.75 Å². The molecule has 1 aliphatic carbocycles. The van der Waals surface area contributed by atoms with Crippen molar-refractivity contribution in [3.8, 4) is 5.75 Å². The molecule has 29 heavy (non-hydrogen) atoms. The first kappa shape index (κ1) is 19.9. The molecule has 0 bridgehead atoms. The third kappa shape index (κ3) is 3.89. The Labute approximate surface area is 172 Å². The Morgan fingerprint density at radius 2 is 2.00 bits per heavy atom. The highest BCUT2D eigenvalue weighted by atomic mass is 16.5. The third-order valence-corrected chi connectivity index (χ3v) is 6.83. The van der Waals surface area contributed by atoms with Crippen LogP contribution < -0.4 is 5.32 Å². The number of phenols is 1. The summed E-state index contributed by atoms with van der Waals surface area (Å²) in [5.74, 6) is 0.569. The zero-order chi connectivity index (χ0) is 20.4. The standard InChI is InChI=1S/C24H30N2O3/c1-26-12-11-24(18-9-6-10-20(27)13-18)15-19(14-22(29-2)21(24)16-26)25-23(28)17-7-4-3-5-8-17/h3-10,13,19,21-22,27H,11-12,14-16H2,1-2H3,(H,25,28)/t19-,21-,22?,24-/m0/s1. The first-order valence-corrected chi connectivity index (χ1v) is 10.4. The van der Waals surface area contributed by atoms with Gasteiger partial charge in [-0.05, 0) is 62.7 Å². The van der Waals surface area contributed by atoms with Crippen molar-refractivity contribution in [2.24, 2.45) is 5.92 Å². The molecule has 5 heteroatoms. The van der Waals surface area contributed by atoms with E-state index in [0.29, 0.717) is 17.2 Å². The normalized spacial score (nSPS) is 29.8. The van der Waals surface area contributed by atoms with Crippen molar-refractivity contribution in [3.63, 3.8) is 0 Å². The van der Waals surface area contributed by atoms with Gasteiger partial charge in [0.05, 0.1) is 6.10 Å². The fourth-order valence-electron chi connectivity index (χ4n) is 5.39. The summed E-state index contributed by atoms with van der Waals surface area (Å²) in [7, 11) is 3.93. The number of benzene rings is 2. The summed E-state index contributed by atoms with van der Waals surface area (Å²) in [4.78, 5) is 15.2. The zero-order valence-corrected chi connectivity index (χ0v) is 17.2. The van der Waals surface area contributed by atoms with Crippen molar-refractivity contribution in [1.29, 1.82) is 0 Å². The lowest BCUT2D eigenvalue weighted by Crippen LogP contribution is -2.60. The van der Waals surface area contributed by atoms with Crippen LogP contribution in [0.2, 0.25) is 0 Å². The molecule has 2 aliphatic rings. The van der Waals surface area contributed by atoms with Crippen LogP contribution in [0.3, 0.4) is 0 Å². The first-order valence-electron chi connectivity index (χ1n) is 10.4. The Morgan fingerprint density at radius 3 is 2.72 bits per heavy atom. The minimum absolute atomic E-state index is 0.0228. The fraction of sp³-hybridized carbons (Fsp3) is 0.458. The van der Waals surface area contributed by atoms with Crippen molar-refractivity contribution in [2.75, 3.05) is 27.2 Å². The molecule has 1 unspecified atom stereocenters. The van der Waals surface area contributed by atoms with E-state index in [1.165, 1.54) is 0 Å². The van der Waals surface area contributed by atoms with Gasteiger partial charge in [0.2, 0.25) is 0 Å². The largest absolute Gasteiger partial charge is 0.508 e. The molecule has 1 saturated carbocycles. The maximum Gasteiger partial charge on any atom is 0.251 e. The number of nitrogens with zero attached hydrogens (tertiary/aromatic N) is 1. The van der Waals surface area contributed by atoms with Crippen LogP contribution in [0.15, 0.2) is 54.6 Å². The molecule has 2 aromatic carbocycles. The van der Waals surface area contributed by atoms with Crippen LogP contribution in [-0.2, 0) is 10.2 Å². The number of amides is 1. The number of carbonyl (C=O) groups excluding carboxylic acids is 1. The summed E-state index contributed by atoms with van der Waals surface area (Å²) in [6, 6.07) is 17.0. The number of piperidine rings is 1. The number of fused-ring (bicyclic) bond motifs is 1. The third-order valence-electron chi connectivity index (χ3n) is 6.83. The first-order chi connectivity index (χ1) is 14.0. The van der Waals surface area contributed by atoms with Crippen LogP contribution in [0.4, 0.5) is 0 Å². The van der Waals surface area contributed by atoms with Gasteiger partial charge in [-0.1, -0.05) is 30.3 Å². The van der Waals surface area contributed by atoms with Crippen molar-refractivity contribution >= 4 is 5.91 Å². The van der Waals surface area contributed by atoms with E-state index in [-0.39, 0.29) is 23.5 Å². The second kappa shape index (κ2) is 8.17. The molecule has 1 saturated heterocycles. The van der Waals surface area contributed by atoms with Crippen molar-refractivity contribution in [1.82, 2.24) is 10.2 Å². The van der Waals surface area contributed by atoms with Gasteiger partial charge >= 0.3 is 0 Å². The van der Waals surface area contributed by atoms with Crippen LogP contribution >= 0.6 is 0 Å². The molecule has 0 radical (unpaired) electrons. The fourth-order valence-corrected chi connectivity index (χ4v) is 5.39. The van der Waals surface area contributed by atoms with Crippen LogP contribution in [0.25, 0.3) is 0 Å². The highest BCUT2D eigenvalue weighted by Gasteiger charge is 2.52. The summed E-state index contributed by atoms with van der Waals surface area (Å²) < 4.78 is 5.96. The molecule has 4 rings (SSSR count). The molecule has 2 aromatic rings. The number of carbonyl (C=O) groups is 1. The van der Waals surface area contributed by atoms with Gasteiger partial charge in [-0.15, -0.1) is 0 Å². The average molecular weight is 395 g/mol. The van der Waals surface area contributed by atoms with Crippen LogP contribution in [0.5, 0.6) is 5.75 Å². The van der Waals surface area contributed by atoms with Crippen LogP contribution in [0, 0.1) is 5.92 Å². The number of methoxy groups -OCH3 is 1. The maximum atomic E-state index is 12.8. The molecule has 0 spiro atoms. The average Bonchev–Trinajstić information content (AvgIpc) is 2.74. The lowest BCUT2D eigenvalue weighted by Gasteiger charge is -2.55. The van der Waals surface area contributed by atoms with E-state index in [9.17, 15) is 9.90 Å². The molecule has 1 amide bonds.